The maximum Gasteiger partial charge on any atom is 0.269 e. The van der Waals surface area contributed by atoms with Gasteiger partial charge in [0.25, 0.3) is 5.69 Å². The molecule has 0 radical (unpaired) electrons. The molecule has 1 fully saturated rings. The van der Waals surface area contributed by atoms with Crippen molar-refractivity contribution in [2.24, 2.45) is 0 Å². The summed E-state index contributed by atoms with van der Waals surface area (Å²) >= 11 is 0. The fourth-order valence-corrected chi connectivity index (χ4v) is 3.22. The van der Waals surface area contributed by atoms with Crippen molar-refractivity contribution in [3.05, 3.63) is 76.0 Å². The summed E-state index contributed by atoms with van der Waals surface area (Å²) < 4.78 is 6.31. The molecule has 1 heterocycles. The maximum atomic E-state index is 11.4. The Balaban J connectivity index is 1.97. The first kappa shape index (κ1) is 17.7. The Bertz CT molecular complexity index is 832. The third-order valence-electron chi connectivity index (χ3n) is 4.57. The predicted molar refractivity (Wildman–Crippen MR) is 96.1 cm³/mol. The summed E-state index contributed by atoms with van der Waals surface area (Å²) in [6, 6.07) is 15.7. The average molecular weight is 353 g/mol. The minimum absolute atomic E-state index is 0.00425. The van der Waals surface area contributed by atoms with Crippen LogP contribution >= 0.6 is 0 Å². The van der Waals surface area contributed by atoms with E-state index in [2.05, 4.69) is 5.43 Å². The average Bonchev–Trinajstić information content (AvgIpc) is 2.69. The topological polar surface area (TPSA) is 84.7 Å². The highest BCUT2D eigenvalue weighted by Gasteiger charge is 2.41. The number of nitrogens with one attached hydrogen (secondary N) is 1. The molecular formula is C19H19N3O4. The standard InChI is InChI=1S/C19H19N3O4/c1-20-21-12-11-19(13-17(21)14-23,15-5-3-2-4-6-15)26-18-9-7-16(8-10-18)22(24)25/h2-10,20H,11-13H2,1H3. The Hall–Kier alpha value is -3.15. The molecule has 0 saturated carbocycles. The van der Waals surface area contributed by atoms with Crippen LogP contribution in [0.1, 0.15) is 18.4 Å². The Morgan fingerprint density at radius 2 is 1.88 bits per heavy atom. The van der Waals surface area contributed by atoms with Crippen molar-refractivity contribution in [1.82, 2.24) is 10.4 Å². The maximum absolute atomic E-state index is 11.4. The van der Waals surface area contributed by atoms with Crippen LogP contribution in [-0.2, 0) is 10.4 Å². The number of hydrazine groups is 1. The second kappa shape index (κ2) is 7.39. The van der Waals surface area contributed by atoms with Crippen LogP contribution in [0.2, 0.25) is 0 Å². The number of hydrogen-bond donors (Lipinski definition) is 1. The van der Waals surface area contributed by atoms with Crippen LogP contribution in [0, 0.1) is 10.1 Å². The molecule has 26 heavy (non-hydrogen) atoms. The number of benzene rings is 2. The number of carbonyl (C=O) groups excluding carboxylic acids is 1. The molecule has 1 aliphatic rings. The minimum Gasteiger partial charge on any atom is -0.482 e. The lowest BCUT2D eigenvalue weighted by Gasteiger charge is -2.42. The van der Waals surface area contributed by atoms with Crippen LogP contribution in [0.5, 0.6) is 5.75 Å². The zero-order valence-electron chi connectivity index (χ0n) is 14.3. The van der Waals surface area contributed by atoms with E-state index < -0.39 is 10.5 Å². The van der Waals surface area contributed by atoms with Crippen LogP contribution in [-0.4, -0.2) is 29.5 Å². The van der Waals surface area contributed by atoms with E-state index in [9.17, 15) is 14.9 Å². The van der Waals surface area contributed by atoms with Gasteiger partial charge in [-0.1, -0.05) is 30.3 Å². The van der Waals surface area contributed by atoms with E-state index in [0.29, 0.717) is 30.8 Å². The van der Waals surface area contributed by atoms with E-state index in [-0.39, 0.29) is 5.69 Å². The molecule has 0 amide bonds. The fourth-order valence-electron chi connectivity index (χ4n) is 3.22. The molecular weight excluding hydrogens is 334 g/mol. The summed E-state index contributed by atoms with van der Waals surface area (Å²) in [5, 5.41) is 12.6. The van der Waals surface area contributed by atoms with Gasteiger partial charge in [-0.3, -0.25) is 10.1 Å². The summed E-state index contributed by atoms with van der Waals surface area (Å²) in [7, 11) is 1.75. The van der Waals surface area contributed by atoms with E-state index in [1.165, 1.54) is 12.1 Å². The summed E-state index contributed by atoms with van der Waals surface area (Å²) in [6.45, 7) is 0.572. The minimum atomic E-state index is -0.739. The van der Waals surface area contributed by atoms with Gasteiger partial charge in [-0.05, 0) is 17.7 Å². The van der Waals surface area contributed by atoms with E-state index in [4.69, 9.17) is 4.74 Å². The number of rotatable bonds is 5. The number of nitrogens with zero attached hydrogens (tertiary/aromatic N) is 2. The Morgan fingerprint density at radius 1 is 1.19 bits per heavy atom. The molecule has 0 aromatic heterocycles. The highest BCUT2D eigenvalue weighted by atomic mass is 16.6. The van der Waals surface area contributed by atoms with Crippen molar-refractivity contribution in [2.45, 2.75) is 18.4 Å². The van der Waals surface area contributed by atoms with Crippen LogP contribution in [0.3, 0.4) is 0 Å². The molecule has 7 heteroatoms. The summed E-state index contributed by atoms with van der Waals surface area (Å²) in [5.41, 5.74) is 3.67. The Kier molecular flexibility index (Phi) is 5.02. The number of hydrogen-bond acceptors (Lipinski definition) is 6. The number of nitro groups is 1. The summed E-state index contributed by atoms with van der Waals surface area (Å²) in [5.74, 6) is 2.52. The molecule has 1 N–H and O–H groups in total. The SMILES string of the molecule is CNN1CCC(Oc2ccc([N+](=O)[O-])cc2)(c2ccccc2)CC1=C=O. The molecule has 0 bridgehead atoms. The molecule has 2 aromatic carbocycles. The number of non-ortho nitro benzene ring substituents is 1. The third kappa shape index (κ3) is 3.44. The van der Waals surface area contributed by atoms with Crippen LogP contribution < -0.4 is 10.2 Å². The molecule has 134 valence electrons. The molecule has 2 aromatic rings. The summed E-state index contributed by atoms with van der Waals surface area (Å²) in [4.78, 5) is 21.8. The Morgan fingerprint density at radius 3 is 2.46 bits per heavy atom. The van der Waals surface area contributed by atoms with Crippen molar-refractivity contribution in [3.8, 4) is 5.75 Å². The molecule has 1 atom stereocenters. The van der Waals surface area contributed by atoms with E-state index in [1.54, 1.807) is 24.2 Å². The van der Waals surface area contributed by atoms with Gasteiger partial charge in [0.05, 0.1) is 4.92 Å². The van der Waals surface area contributed by atoms with Crippen molar-refractivity contribution < 1.29 is 14.5 Å². The van der Waals surface area contributed by atoms with Gasteiger partial charge in [0.1, 0.15) is 23.0 Å². The largest absolute Gasteiger partial charge is 0.482 e. The quantitative estimate of drug-likeness (QED) is 0.505. The van der Waals surface area contributed by atoms with Crippen molar-refractivity contribution in [3.63, 3.8) is 0 Å². The van der Waals surface area contributed by atoms with Crippen LogP contribution in [0.25, 0.3) is 0 Å². The lowest BCUT2D eigenvalue weighted by atomic mass is 9.83. The van der Waals surface area contributed by atoms with Gasteiger partial charge in [0.2, 0.25) is 0 Å². The number of piperidine rings is 1. The predicted octanol–water partition coefficient (Wildman–Crippen LogP) is 2.81. The van der Waals surface area contributed by atoms with Gasteiger partial charge in [0, 0.05) is 38.6 Å². The molecule has 0 aliphatic carbocycles. The van der Waals surface area contributed by atoms with Gasteiger partial charge < -0.3 is 9.75 Å². The van der Waals surface area contributed by atoms with E-state index in [1.807, 2.05) is 36.3 Å². The summed E-state index contributed by atoms with van der Waals surface area (Å²) in [6.07, 6.45) is 0.984. The normalized spacial score (nSPS) is 19.7. The molecule has 1 aliphatic heterocycles. The molecule has 3 rings (SSSR count). The first-order valence-corrected chi connectivity index (χ1v) is 8.26. The Labute approximate surface area is 151 Å². The van der Waals surface area contributed by atoms with Crippen LogP contribution in [0.4, 0.5) is 5.69 Å². The van der Waals surface area contributed by atoms with Crippen molar-refractivity contribution >= 4 is 11.6 Å². The highest BCUT2D eigenvalue weighted by molar-refractivity contribution is 5.53. The first-order chi connectivity index (χ1) is 12.6. The van der Waals surface area contributed by atoms with Crippen LogP contribution in [0.15, 0.2) is 60.3 Å². The first-order valence-electron chi connectivity index (χ1n) is 8.26. The van der Waals surface area contributed by atoms with Gasteiger partial charge in [-0.15, -0.1) is 0 Å². The van der Waals surface area contributed by atoms with Gasteiger partial charge in [-0.25, -0.2) is 10.2 Å². The van der Waals surface area contributed by atoms with Crippen molar-refractivity contribution in [2.75, 3.05) is 13.6 Å². The van der Waals surface area contributed by atoms with E-state index in [0.717, 1.165) is 5.56 Å². The number of ether oxygens (including phenoxy) is 1. The van der Waals surface area contributed by atoms with Gasteiger partial charge in [0.15, 0.2) is 0 Å². The zero-order valence-corrected chi connectivity index (χ0v) is 14.3. The number of nitro benzene ring substituents is 1. The smallest absolute Gasteiger partial charge is 0.269 e. The zero-order chi connectivity index (χ0) is 18.6. The lowest BCUT2D eigenvalue weighted by molar-refractivity contribution is -0.384. The van der Waals surface area contributed by atoms with Crippen molar-refractivity contribution in [1.29, 1.82) is 0 Å². The second-order valence-corrected chi connectivity index (χ2v) is 6.06. The van der Waals surface area contributed by atoms with Gasteiger partial charge in [-0.2, -0.15) is 0 Å². The molecule has 1 saturated heterocycles. The molecule has 1 unspecified atom stereocenters. The second-order valence-electron chi connectivity index (χ2n) is 6.06. The van der Waals surface area contributed by atoms with Gasteiger partial charge >= 0.3 is 0 Å². The molecule has 0 spiro atoms. The third-order valence-corrected chi connectivity index (χ3v) is 4.57. The van der Waals surface area contributed by atoms with E-state index >= 15 is 0 Å². The monoisotopic (exact) mass is 353 g/mol. The highest BCUT2D eigenvalue weighted by Crippen LogP contribution is 2.40. The molecule has 7 nitrogen and oxygen atoms in total. The lowest BCUT2D eigenvalue weighted by Crippen LogP contribution is -2.48. The fraction of sp³-hybridized carbons (Fsp3) is 0.263.